The van der Waals surface area contributed by atoms with Crippen molar-refractivity contribution in [2.75, 3.05) is 31.1 Å². The second kappa shape index (κ2) is 11.1. The molecule has 4 nitrogen and oxygen atoms in total. The molecule has 0 atom stereocenters. The first kappa shape index (κ1) is 27.8. The van der Waals surface area contributed by atoms with E-state index < -0.39 is 5.97 Å². The summed E-state index contributed by atoms with van der Waals surface area (Å²) in [5.74, 6) is -0.867. The Bertz CT molecular complexity index is 1630. The summed E-state index contributed by atoms with van der Waals surface area (Å²) in [6, 6.07) is 17.4. The van der Waals surface area contributed by atoms with E-state index in [9.17, 15) is 9.90 Å². The molecule has 0 bridgehead atoms. The largest absolute Gasteiger partial charge is 0.478 e. The number of rotatable bonds is 8. The van der Waals surface area contributed by atoms with E-state index >= 15 is 0 Å². The third-order valence-electron chi connectivity index (χ3n) is 9.74. The maximum absolute atomic E-state index is 12.5. The highest BCUT2D eigenvalue weighted by Gasteiger charge is 2.37. The Morgan fingerprint density at radius 2 is 1.71 bits per heavy atom. The van der Waals surface area contributed by atoms with E-state index in [4.69, 9.17) is 0 Å². The molecular weight excluding hydrogens is 504 g/mol. The summed E-state index contributed by atoms with van der Waals surface area (Å²) < 4.78 is 2.60. The topological polar surface area (TPSA) is 43.6 Å². The van der Waals surface area contributed by atoms with Crippen LogP contribution in [0, 0.1) is 0 Å². The van der Waals surface area contributed by atoms with Gasteiger partial charge in [-0.15, -0.1) is 0 Å². The number of carboxylic acid groups (broad SMARTS) is 1. The van der Waals surface area contributed by atoms with Crippen molar-refractivity contribution in [1.82, 2.24) is 4.58 Å². The molecule has 1 aliphatic carbocycles. The SMILES string of the molecule is CCCCN1CCCc2cc3c(cc21)C(C)(C)c1cc2c(cc1=C3c1ccccc1C(=O)O)CCC[N+]=2CCCC. The van der Waals surface area contributed by atoms with E-state index in [1.165, 1.54) is 69.8 Å². The highest BCUT2D eigenvalue weighted by Crippen LogP contribution is 2.44. The Morgan fingerprint density at radius 1 is 0.927 bits per heavy atom. The normalized spacial score (nSPS) is 17.0. The van der Waals surface area contributed by atoms with Crippen molar-refractivity contribution in [3.8, 4) is 0 Å². The van der Waals surface area contributed by atoms with Crippen molar-refractivity contribution < 1.29 is 9.90 Å². The van der Waals surface area contributed by atoms with Crippen LogP contribution in [0.2, 0.25) is 0 Å². The zero-order chi connectivity index (χ0) is 28.7. The van der Waals surface area contributed by atoms with Gasteiger partial charge in [-0.25, -0.2) is 9.37 Å². The van der Waals surface area contributed by atoms with E-state index in [-0.39, 0.29) is 5.41 Å². The van der Waals surface area contributed by atoms with Crippen LogP contribution in [-0.2, 0) is 18.3 Å². The molecule has 0 amide bonds. The number of aryl methyl sites for hydroxylation is 2. The van der Waals surface area contributed by atoms with Gasteiger partial charge in [-0.1, -0.05) is 58.7 Å². The molecule has 41 heavy (non-hydrogen) atoms. The summed E-state index contributed by atoms with van der Waals surface area (Å²) in [5, 5.41) is 12.9. The predicted molar refractivity (Wildman–Crippen MR) is 169 cm³/mol. The van der Waals surface area contributed by atoms with E-state index in [2.05, 4.69) is 61.4 Å². The number of carbonyl (C=O) groups is 1. The number of nitrogens with zero attached hydrogens (tertiary/aromatic N) is 2. The van der Waals surface area contributed by atoms with Crippen molar-refractivity contribution in [3.63, 3.8) is 0 Å². The van der Waals surface area contributed by atoms with Gasteiger partial charge >= 0.3 is 5.97 Å². The van der Waals surface area contributed by atoms with Crippen molar-refractivity contribution in [2.24, 2.45) is 0 Å². The van der Waals surface area contributed by atoms with Gasteiger partial charge in [0.15, 0.2) is 0 Å². The molecule has 0 aromatic heterocycles. The summed E-state index contributed by atoms with van der Waals surface area (Å²) in [4.78, 5) is 15.1. The number of unbranched alkanes of at least 4 members (excludes halogenated alkanes) is 2. The van der Waals surface area contributed by atoms with E-state index in [1.54, 1.807) is 6.07 Å². The van der Waals surface area contributed by atoms with Crippen LogP contribution in [-0.4, -0.2) is 37.3 Å². The Hall–Kier alpha value is -3.40. The predicted octanol–water partition coefficient (Wildman–Crippen LogP) is 6.06. The van der Waals surface area contributed by atoms with Crippen molar-refractivity contribution in [1.29, 1.82) is 0 Å². The second-order valence-electron chi connectivity index (χ2n) is 12.8. The third-order valence-corrected chi connectivity index (χ3v) is 9.74. The summed E-state index contributed by atoms with van der Waals surface area (Å²) in [7, 11) is 0. The molecule has 0 radical (unpaired) electrons. The van der Waals surface area contributed by atoms with Crippen LogP contribution in [0.25, 0.3) is 5.57 Å². The summed E-state index contributed by atoms with van der Waals surface area (Å²) in [6.45, 7) is 13.7. The summed E-state index contributed by atoms with van der Waals surface area (Å²) in [5.41, 5.74) is 10.1. The van der Waals surface area contributed by atoms with Gasteiger partial charge in [0.25, 0.3) is 0 Å². The van der Waals surface area contributed by atoms with Gasteiger partial charge in [0.1, 0.15) is 13.1 Å². The molecule has 6 rings (SSSR count). The fourth-order valence-electron chi connectivity index (χ4n) is 7.50. The molecule has 3 aliphatic rings. The average molecular weight is 550 g/mol. The number of hydrogen-bond acceptors (Lipinski definition) is 2. The van der Waals surface area contributed by atoms with Crippen LogP contribution in [0.1, 0.15) is 110 Å². The molecule has 4 heteroatoms. The first-order chi connectivity index (χ1) is 19.8. The number of fused-ring (bicyclic) bond motifs is 4. The lowest BCUT2D eigenvalue weighted by atomic mass is 9.67. The monoisotopic (exact) mass is 549 g/mol. The van der Waals surface area contributed by atoms with Gasteiger partial charge in [0.2, 0.25) is 5.36 Å². The van der Waals surface area contributed by atoms with Gasteiger partial charge in [0, 0.05) is 48.7 Å². The van der Waals surface area contributed by atoms with E-state index in [0.717, 1.165) is 63.0 Å². The molecule has 214 valence electrons. The molecule has 2 heterocycles. The number of hydrogen-bond donors (Lipinski definition) is 1. The van der Waals surface area contributed by atoms with Gasteiger partial charge in [-0.2, -0.15) is 0 Å². The lowest BCUT2D eigenvalue weighted by molar-refractivity contribution is 0.0696. The fraction of sp³-hybridized carbons (Fsp3) is 0.459. The quantitative estimate of drug-likeness (QED) is 0.347. The zero-order valence-electron chi connectivity index (χ0n) is 25.4. The Kier molecular flexibility index (Phi) is 7.52. The van der Waals surface area contributed by atoms with Gasteiger partial charge in [-0.3, -0.25) is 0 Å². The summed E-state index contributed by atoms with van der Waals surface area (Å²) in [6.07, 6.45) is 9.26. The highest BCUT2D eigenvalue weighted by molar-refractivity contribution is 5.98. The fourth-order valence-corrected chi connectivity index (χ4v) is 7.50. The van der Waals surface area contributed by atoms with Crippen LogP contribution in [0.15, 0.2) is 48.5 Å². The second-order valence-corrected chi connectivity index (χ2v) is 12.8. The van der Waals surface area contributed by atoms with E-state index in [1.807, 2.05) is 18.2 Å². The molecular formula is C37H45N2O2+. The van der Waals surface area contributed by atoms with Crippen molar-refractivity contribution in [3.05, 3.63) is 98.1 Å². The lowest BCUT2D eigenvalue weighted by Crippen LogP contribution is -2.43. The smallest absolute Gasteiger partial charge is 0.336 e. The molecule has 3 aromatic carbocycles. The molecule has 2 aliphatic heterocycles. The minimum atomic E-state index is -0.867. The summed E-state index contributed by atoms with van der Waals surface area (Å²) >= 11 is 0. The van der Waals surface area contributed by atoms with Crippen LogP contribution in [0.5, 0.6) is 0 Å². The van der Waals surface area contributed by atoms with Crippen LogP contribution < -0.4 is 20.1 Å². The number of carboxylic acids is 1. The molecule has 0 fully saturated rings. The van der Waals surface area contributed by atoms with Gasteiger partial charge in [0.05, 0.1) is 5.56 Å². The number of aromatic carboxylic acids is 1. The minimum Gasteiger partial charge on any atom is -0.478 e. The zero-order valence-corrected chi connectivity index (χ0v) is 25.4. The molecule has 0 saturated carbocycles. The molecule has 3 aromatic rings. The Balaban J connectivity index is 1.71. The maximum Gasteiger partial charge on any atom is 0.336 e. The van der Waals surface area contributed by atoms with Crippen molar-refractivity contribution in [2.45, 2.75) is 84.5 Å². The third kappa shape index (κ3) is 4.79. The molecule has 0 saturated heterocycles. The molecule has 0 spiro atoms. The van der Waals surface area contributed by atoms with Crippen LogP contribution >= 0.6 is 0 Å². The van der Waals surface area contributed by atoms with Crippen LogP contribution in [0.3, 0.4) is 0 Å². The molecule has 0 unspecified atom stereocenters. The molecule has 1 N–H and O–H groups in total. The first-order valence-electron chi connectivity index (χ1n) is 15.9. The van der Waals surface area contributed by atoms with E-state index in [0.29, 0.717) is 5.56 Å². The van der Waals surface area contributed by atoms with Crippen LogP contribution in [0.4, 0.5) is 5.69 Å². The average Bonchev–Trinajstić information content (AvgIpc) is 2.97. The number of anilines is 1. The minimum absolute atomic E-state index is 0.210. The lowest BCUT2D eigenvalue weighted by Gasteiger charge is -2.39. The standard InChI is InChI=1S/C37H44N2O2/c1-5-7-17-38-19-11-13-25-21-29-31(23-33(25)38)37(3,4)32-24-34-26(14-12-20-39(34)18-8-6-2)22-30(32)35(29)27-15-9-10-16-28(27)36(40)41/h9-10,15-16,21-24H,5-8,11-14,17-20H2,1-4H3/p+1. The first-order valence-corrected chi connectivity index (χ1v) is 15.9. The van der Waals surface area contributed by atoms with Gasteiger partial charge in [-0.05, 0) is 88.6 Å². The Morgan fingerprint density at radius 3 is 2.49 bits per heavy atom. The number of benzene rings is 3. The Labute approximate surface area is 245 Å². The highest BCUT2D eigenvalue weighted by atomic mass is 16.4. The maximum atomic E-state index is 12.5. The van der Waals surface area contributed by atoms with Crippen molar-refractivity contribution >= 4 is 17.2 Å². The van der Waals surface area contributed by atoms with Gasteiger partial charge < -0.3 is 10.0 Å².